The van der Waals surface area contributed by atoms with Crippen LogP contribution in [0.4, 0.5) is 0 Å². The lowest BCUT2D eigenvalue weighted by atomic mass is 9.64. The lowest BCUT2D eigenvalue weighted by Gasteiger charge is -2.41. The Kier molecular flexibility index (Phi) is 5.54. The molecule has 3 rings (SSSR count). The molecule has 0 spiro atoms. The smallest absolute Gasteiger partial charge is 0.0245 e. The Bertz CT molecular complexity index is 566. The van der Waals surface area contributed by atoms with Gasteiger partial charge in [0.15, 0.2) is 0 Å². The Hall–Kier alpha value is -1.56. The highest BCUT2D eigenvalue weighted by atomic mass is 14.4. The Balaban J connectivity index is 1.79. The first-order valence-corrected chi connectivity index (χ1v) is 9.32. The summed E-state index contributed by atoms with van der Waals surface area (Å²) < 4.78 is 0. The monoisotopic (exact) mass is 306 g/mol. The molecule has 0 N–H and O–H groups in total. The van der Waals surface area contributed by atoms with Crippen LogP contribution in [0, 0.1) is 23.7 Å². The molecule has 0 amide bonds. The van der Waals surface area contributed by atoms with Crippen LogP contribution in [0.5, 0.6) is 0 Å². The molecule has 2 atom stereocenters. The standard InChI is InChI=1S/C23H30/c1-18(2)22(16-19-10-5-3-6-11-19)23(21-14-9-15-21)17-20-12-7-4-8-13-20/h3-8,10-13,18,21-23H,9,14-17H2,1-2H3. The first-order chi connectivity index (χ1) is 11.2. The van der Waals surface area contributed by atoms with Gasteiger partial charge < -0.3 is 0 Å². The van der Waals surface area contributed by atoms with Gasteiger partial charge in [0.25, 0.3) is 0 Å². The van der Waals surface area contributed by atoms with E-state index in [1.165, 1.54) is 43.2 Å². The fourth-order valence-electron chi connectivity index (χ4n) is 4.19. The van der Waals surface area contributed by atoms with Crippen LogP contribution in [0.1, 0.15) is 44.2 Å². The molecule has 0 nitrogen and oxygen atoms in total. The van der Waals surface area contributed by atoms with Crippen LogP contribution in [0.15, 0.2) is 60.7 Å². The molecule has 0 radical (unpaired) electrons. The van der Waals surface area contributed by atoms with Gasteiger partial charge in [-0.05, 0) is 47.6 Å². The maximum absolute atomic E-state index is 2.42. The zero-order valence-electron chi connectivity index (χ0n) is 14.6. The van der Waals surface area contributed by atoms with E-state index in [0.29, 0.717) is 0 Å². The van der Waals surface area contributed by atoms with Crippen molar-refractivity contribution in [3.63, 3.8) is 0 Å². The maximum atomic E-state index is 2.42. The second-order valence-corrected chi connectivity index (χ2v) is 7.64. The molecule has 0 aromatic heterocycles. The van der Waals surface area contributed by atoms with Gasteiger partial charge in [-0.2, -0.15) is 0 Å². The third-order valence-corrected chi connectivity index (χ3v) is 5.79. The van der Waals surface area contributed by atoms with Crippen LogP contribution >= 0.6 is 0 Å². The highest BCUT2D eigenvalue weighted by Crippen LogP contribution is 2.42. The van der Waals surface area contributed by atoms with Gasteiger partial charge in [-0.3, -0.25) is 0 Å². The van der Waals surface area contributed by atoms with Gasteiger partial charge in [-0.1, -0.05) is 93.8 Å². The van der Waals surface area contributed by atoms with Crippen molar-refractivity contribution in [2.24, 2.45) is 23.7 Å². The highest BCUT2D eigenvalue weighted by molar-refractivity contribution is 5.18. The number of hydrogen-bond donors (Lipinski definition) is 0. The van der Waals surface area contributed by atoms with Crippen molar-refractivity contribution in [1.82, 2.24) is 0 Å². The van der Waals surface area contributed by atoms with Gasteiger partial charge in [-0.15, -0.1) is 0 Å². The van der Waals surface area contributed by atoms with Crippen LogP contribution in [0.2, 0.25) is 0 Å². The van der Waals surface area contributed by atoms with Gasteiger partial charge in [0.05, 0.1) is 0 Å². The van der Waals surface area contributed by atoms with Gasteiger partial charge in [-0.25, -0.2) is 0 Å². The normalized spacial score (nSPS) is 17.7. The largest absolute Gasteiger partial charge is 0.0625 e. The summed E-state index contributed by atoms with van der Waals surface area (Å²) in [5, 5.41) is 0. The van der Waals surface area contributed by atoms with Crippen LogP contribution in [-0.4, -0.2) is 0 Å². The Morgan fingerprint density at radius 3 is 1.74 bits per heavy atom. The number of hydrogen-bond acceptors (Lipinski definition) is 0. The van der Waals surface area contributed by atoms with Gasteiger partial charge in [0.1, 0.15) is 0 Å². The molecule has 2 aromatic rings. The topological polar surface area (TPSA) is 0 Å². The summed E-state index contributed by atoms with van der Waals surface area (Å²) in [6.07, 6.45) is 6.80. The molecule has 0 saturated heterocycles. The zero-order chi connectivity index (χ0) is 16.1. The summed E-state index contributed by atoms with van der Waals surface area (Å²) in [4.78, 5) is 0. The van der Waals surface area contributed by atoms with Crippen molar-refractivity contribution < 1.29 is 0 Å². The summed E-state index contributed by atoms with van der Waals surface area (Å²) in [5.74, 6) is 3.28. The third-order valence-electron chi connectivity index (χ3n) is 5.79. The van der Waals surface area contributed by atoms with Gasteiger partial charge in [0.2, 0.25) is 0 Å². The van der Waals surface area contributed by atoms with Crippen molar-refractivity contribution in [2.75, 3.05) is 0 Å². The fourth-order valence-corrected chi connectivity index (χ4v) is 4.19. The van der Waals surface area contributed by atoms with E-state index < -0.39 is 0 Å². The van der Waals surface area contributed by atoms with Crippen molar-refractivity contribution in [3.8, 4) is 0 Å². The third kappa shape index (κ3) is 4.25. The fraction of sp³-hybridized carbons (Fsp3) is 0.478. The molecule has 1 aliphatic rings. The predicted molar refractivity (Wildman–Crippen MR) is 99.5 cm³/mol. The van der Waals surface area contributed by atoms with E-state index in [9.17, 15) is 0 Å². The van der Waals surface area contributed by atoms with Gasteiger partial charge >= 0.3 is 0 Å². The van der Waals surface area contributed by atoms with E-state index in [4.69, 9.17) is 0 Å². The maximum Gasteiger partial charge on any atom is -0.0245 e. The zero-order valence-corrected chi connectivity index (χ0v) is 14.6. The molecule has 0 bridgehead atoms. The molecule has 0 heterocycles. The molecule has 0 heteroatoms. The molecule has 0 aliphatic heterocycles. The van der Waals surface area contributed by atoms with E-state index >= 15 is 0 Å². The van der Waals surface area contributed by atoms with Crippen molar-refractivity contribution >= 4 is 0 Å². The van der Waals surface area contributed by atoms with Crippen LogP contribution < -0.4 is 0 Å². The minimum absolute atomic E-state index is 0.740. The van der Waals surface area contributed by atoms with Crippen LogP contribution in [0.3, 0.4) is 0 Å². The van der Waals surface area contributed by atoms with Crippen LogP contribution in [-0.2, 0) is 12.8 Å². The molecular weight excluding hydrogens is 276 g/mol. The quantitative estimate of drug-likeness (QED) is 0.574. The van der Waals surface area contributed by atoms with Crippen molar-refractivity contribution in [2.45, 2.75) is 46.0 Å². The molecule has 1 aliphatic carbocycles. The van der Waals surface area contributed by atoms with E-state index in [2.05, 4.69) is 74.5 Å². The SMILES string of the molecule is CC(C)C(Cc1ccccc1)C(Cc1ccccc1)C1CCC1. The molecule has 1 saturated carbocycles. The highest BCUT2D eigenvalue weighted by Gasteiger charge is 2.34. The molecular formula is C23H30. The molecule has 23 heavy (non-hydrogen) atoms. The Morgan fingerprint density at radius 2 is 1.30 bits per heavy atom. The number of benzene rings is 2. The minimum Gasteiger partial charge on any atom is -0.0625 e. The first kappa shape index (κ1) is 16.3. The Labute approximate surface area is 141 Å². The van der Waals surface area contributed by atoms with E-state index in [0.717, 1.165) is 23.7 Å². The second-order valence-electron chi connectivity index (χ2n) is 7.64. The molecule has 122 valence electrons. The Morgan fingerprint density at radius 1 is 0.783 bits per heavy atom. The molecule has 1 fully saturated rings. The summed E-state index contributed by atoms with van der Waals surface area (Å²) in [7, 11) is 0. The number of rotatable bonds is 7. The average Bonchev–Trinajstić information content (AvgIpc) is 2.52. The molecule has 2 aromatic carbocycles. The summed E-state index contributed by atoms with van der Waals surface area (Å²) in [6, 6.07) is 22.2. The lowest BCUT2D eigenvalue weighted by molar-refractivity contribution is 0.113. The van der Waals surface area contributed by atoms with Gasteiger partial charge in [0, 0.05) is 0 Å². The summed E-state index contributed by atoms with van der Waals surface area (Å²) in [5.41, 5.74) is 3.02. The van der Waals surface area contributed by atoms with Crippen molar-refractivity contribution in [1.29, 1.82) is 0 Å². The van der Waals surface area contributed by atoms with E-state index in [-0.39, 0.29) is 0 Å². The second kappa shape index (κ2) is 7.81. The summed E-state index contributed by atoms with van der Waals surface area (Å²) >= 11 is 0. The van der Waals surface area contributed by atoms with E-state index in [1.807, 2.05) is 0 Å². The minimum atomic E-state index is 0.740. The van der Waals surface area contributed by atoms with Crippen molar-refractivity contribution in [3.05, 3.63) is 71.8 Å². The lowest BCUT2D eigenvalue weighted by Crippen LogP contribution is -2.34. The summed E-state index contributed by atoms with van der Waals surface area (Å²) in [6.45, 7) is 4.84. The van der Waals surface area contributed by atoms with Crippen LogP contribution in [0.25, 0.3) is 0 Å². The average molecular weight is 306 g/mol. The van der Waals surface area contributed by atoms with E-state index in [1.54, 1.807) is 0 Å². The molecule has 2 unspecified atom stereocenters. The first-order valence-electron chi connectivity index (χ1n) is 9.32. The predicted octanol–water partition coefficient (Wildman–Crippen LogP) is 6.16.